The lowest BCUT2D eigenvalue weighted by Crippen LogP contribution is -2.12. The van der Waals surface area contributed by atoms with Crippen molar-refractivity contribution in [2.45, 2.75) is 6.54 Å². The fourth-order valence-corrected chi connectivity index (χ4v) is 4.04. The third-order valence-corrected chi connectivity index (χ3v) is 5.55. The SMILES string of the molecule is COCCn1ccc2cc(NC(=O)c3ccc4c(c3)C(=O)c3ccccc3-4)ccc21. The summed E-state index contributed by atoms with van der Waals surface area (Å²) in [6.07, 6.45) is 2.01. The summed E-state index contributed by atoms with van der Waals surface area (Å²) in [7, 11) is 1.69. The van der Waals surface area contributed by atoms with Gasteiger partial charge in [-0.15, -0.1) is 0 Å². The first-order chi connectivity index (χ1) is 14.7. The summed E-state index contributed by atoms with van der Waals surface area (Å²) < 4.78 is 7.27. The number of hydrogen-bond acceptors (Lipinski definition) is 3. The van der Waals surface area contributed by atoms with Crippen LogP contribution in [-0.2, 0) is 11.3 Å². The number of hydrogen-bond donors (Lipinski definition) is 1. The Hall–Kier alpha value is -3.70. The maximum Gasteiger partial charge on any atom is 0.255 e. The highest BCUT2D eigenvalue weighted by molar-refractivity contribution is 6.22. The monoisotopic (exact) mass is 396 g/mol. The molecule has 3 aromatic carbocycles. The Bertz CT molecular complexity index is 1300. The molecule has 30 heavy (non-hydrogen) atoms. The normalized spacial score (nSPS) is 12.1. The lowest BCUT2D eigenvalue weighted by Gasteiger charge is -2.08. The molecule has 1 aliphatic carbocycles. The Morgan fingerprint density at radius 2 is 1.73 bits per heavy atom. The van der Waals surface area contributed by atoms with Crippen molar-refractivity contribution in [3.63, 3.8) is 0 Å². The molecule has 5 nitrogen and oxygen atoms in total. The Balaban J connectivity index is 1.39. The van der Waals surface area contributed by atoms with Gasteiger partial charge in [-0.3, -0.25) is 9.59 Å². The molecule has 0 fully saturated rings. The summed E-state index contributed by atoms with van der Waals surface area (Å²) in [6.45, 7) is 1.42. The van der Waals surface area contributed by atoms with Gasteiger partial charge in [-0.05, 0) is 47.5 Å². The third-order valence-electron chi connectivity index (χ3n) is 5.55. The summed E-state index contributed by atoms with van der Waals surface area (Å²) >= 11 is 0. The fraction of sp³-hybridized carbons (Fsp3) is 0.120. The molecule has 5 rings (SSSR count). The number of methoxy groups -OCH3 is 1. The molecule has 0 aliphatic heterocycles. The summed E-state index contributed by atoms with van der Waals surface area (Å²) in [5.74, 6) is -0.270. The summed E-state index contributed by atoms with van der Waals surface area (Å²) in [6, 6.07) is 20.7. The molecule has 0 unspecified atom stereocenters. The molecule has 0 atom stereocenters. The van der Waals surface area contributed by atoms with Crippen molar-refractivity contribution in [3.8, 4) is 11.1 Å². The molecule has 0 bridgehead atoms. The van der Waals surface area contributed by atoms with Gasteiger partial charge < -0.3 is 14.6 Å². The largest absolute Gasteiger partial charge is 0.383 e. The average Bonchev–Trinajstić information content (AvgIpc) is 3.31. The van der Waals surface area contributed by atoms with E-state index in [1.165, 1.54) is 0 Å². The standard InChI is InChI=1S/C25H20N2O3/c1-30-13-12-27-11-10-16-14-18(7-9-23(16)27)26-25(29)17-6-8-20-19-4-2-3-5-21(19)24(28)22(20)15-17/h2-11,14-15H,12-13H2,1H3,(H,26,29). The van der Waals surface area contributed by atoms with Gasteiger partial charge in [-0.2, -0.15) is 0 Å². The quantitative estimate of drug-likeness (QED) is 0.466. The van der Waals surface area contributed by atoms with Gasteiger partial charge in [0, 0.05) is 53.1 Å². The lowest BCUT2D eigenvalue weighted by atomic mass is 10.0. The van der Waals surface area contributed by atoms with Crippen molar-refractivity contribution in [3.05, 3.63) is 89.6 Å². The van der Waals surface area contributed by atoms with Crippen LogP contribution < -0.4 is 5.32 Å². The number of benzene rings is 3. The number of anilines is 1. The molecule has 0 spiro atoms. The number of amides is 1. The van der Waals surface area contributed by atoms with Crippen LogP contribution in [0.4, 0.5) is 5.69 Å². The van der Waals surface area contributed by atoms with Crippen LogP contribution in [0.5, 0.6) is 0 Å². The molecule has 1 aliphatic rings. The molecular formula is C25H20N2O3. The van der Waals surface area contributed by atoms with E-state index in [0.29, 0.717) is 29.0 Å². The van der Waals surface area contributed by atoms with E-state index in [1.54, 1.807) is 19.2 Å². The van der Waals surface area contributed by atoms with E-state index in [-0.39, 0.29) is 11.7 Å². The first-order valence-electron chi connectivity index (χ1n) is 9.83. The van der Waals surface area contributed by atoms with Gasteiger partial charge in [0.05, 0.1) is 6.61 Å². The van der Waals surface area contributed by atoms with Crippen molar-refractivity contribution in [1.82, 2.24) is 4.57 Å². The van der Waals surface area contributed by atoms with Crippen molar-refractivity contribution in [2.75, 3.05) is 19.0 Å². The Labute approximate surface area is 173 Å². The van der Waals surface area contributed by atoms with Crippen molar-refractivity contribution in [2.24, 2.45) is 0 Å². The van der Waals surface area contributed by atoms with Gasteiger partial charge >= 0.3 is 0 Å². The lowest BCUT2D eigenvalue weighted by molar-refractivity contribution is 0.102. The molecule has 0 radical (unpaired) electrons. The zero-order valence-corrected chi connectivity index (χ0v) is 16.5. The molecule has 1 aromatic heterocycles. The molecule has 0 saturated carbocycles. The zero-order chi connectivity index (χ0) is 20.7. The minimum atomic E-state index is -0.236. The Morgan fingerprint density at radius 3 is 2.57 bits per heavy atom. The van der Waals surface area contributed by atoms with Crippen LogP contribution in [0.15, 0.2) is 72.9 Å². The number of carbonyl (C=O) groups excluding carboxylic acids is 2. The van der Waals surface area contributed by atoms with Crippen LogP contribution in [0.3, 0.4) is 0 Å². The predicted molar refractivity (Wildman–Crippen MR) is 117 cm³/mol. The van der Waals surface area contributed by atoms with E-state index < -0.39 is 0 Å². The third kappa shape index (κ3) is 3.00. The molecule has 4 aromatic rings. The second-order valence-electron chi connectivity index (χ2n) is 7.36. The minimum Gasteiger partial charge on any atom is -0.383 e. The van der Waals surface area contributed by atoms with E-state index in [1.807, 2.05) is 60.8 Å². The Kier molecular flexibility index (Phi) is 4.45. The average molecular weight is 396 g/mol. The molecule has 148 valence electrons. The van der Waals surface area contributed by atoms with E-state index in [9.17, 15) is 9.59 Å². The number of nitrogens with one attached hydrogen (secondary N) is 1. The van der Waals surface area contributed by atoms with Gasteiger partial charge in [-0.25, -0.2) is 0 Å². The number of ether oxygens (including phenoxy) is 1. The highest BCUT2D eigenvalue weighted by Gasteiger charge is 2.27. The minimum absolute atomic E-state index is 0.0333. The second-order valence-corrected chi connectivity index (χ2v) is 7.36. The van der Waals surface area contributed by atoms with E-state index in [0.717, 1.165) is 28.6 Å². The molecule has 1 N–H and O–H groups in total. The van der Waals surface area contributed by atoms with Crippen LogP contribution in [0.25, 0.3) is 22.0 Å². The van der Waals surface area contributed by atoms with Crippen LogP contribution >= 0.6 is 0 Å². The summed E-state index contributed by atoms with van der Waals surface area (Å²) in [4.78, 5) is 25.5. The number of carbonyl (C=O) groups is 2. The van der Waals surface area contributed by atoms with Crippen molar-refractivity contribution < 1.29 is 14.3 Å². The fourth-order valence-electron chi connectivity index (χ4n) is 4.04. The number of aromatic nitrogens is 1. The predicted octanol–water partition coefficient (Wildman–Crippen LogP) is 4.75. The Morgan fingerprint density at radius 1 is 0.933 bits per heavy atom. The van der Waals surface area contributed by atoms with Gasteiger partial charge in [0.2, 0.25) is 0 Å². The molecule has 0 saturated heterocycles. The van der Waals surface area contributed by atoms with Gasteiger partial charge in [0.25, 0.3) is 5.91 Å². The number of ketones is 1. The molecule has 1 amide bonds. The van der Waals surface area contributed by atoms with Gasteiger partial charge in [0.15, 0.2) is 5.78 Å². The van der Waals surface area contributed by atoms with Crippen molar-refractivity contribution >= 4 is 28.3 Å². The first-order valence-corrected chi connectivity index (χ1v) is 9.83. The molecule has 5 heteroatoms. The summed E-state index contributed by atoms with van der Waals surface area (Å²) in [5.41, 5.74) is 5.34. The topological polar surface area (TPSA) is 60.3 Å². The maximum atomic E-state index is 12.8. The molecular weight excluding hydrogens is 376 g/mol. The van der Waals surface area contributed by atoms with E-state index in [2.05, 4.69) is 9.88 Å². The van der Waals surface area contributed by atoms with Gasteiger partial charge in [-0.1, -0.05) is 30.3 Å². The van der Waals surface area contributed by atoms with Crippen LogP contribution in [0.2, 0.25) is 0 Å². The zero-order valence-electron chi connectivity index (χ0n) is 16.5. The van der Waals surface area contributed by atoms with Crippen LogP contribution in [0.1, 0.15) is 26.3 Å². The smallest absolute Gasteiger partial charge is 0.255 e. The summed E-state index contributed by atoms with van der Waals surface area (Å²) in [5, 5.41) is 3.99. The number of rotatable bonds is 5. The van der Waals surface area contributed by atoms with E-state index in [4.69, 9.17) is 4.74 Å². The maximum absolute atomic E-state index is 12.8. The van der Waals surface area contributed by atoms with Crippen LogP contribution in [0, 0.1) is 0 Å². The van der Waals surface area contributed by atoms with Crippen LogP contribution in [-0.4, -0.2) is 30.0 Å². The van der Waals surface area contributed by atoms with E-state index >= 15 is 0 Å². The van der Waals surface area contributed by atoms with Gasteiger partial charge in [0.1, 0.15) is 0 Å². The second kappa shape index (κ2) is 7.28. The highest BCUT2D eigenvalue weighted by Crippen LogP contribution is 2.36. The number of fused-ring (bicyclic) bond motifs is 4. The number of nitrogens with zero attached hydrogens (tertiary/aromatic N) is 1. The highest BCUT2D eigenvalue weighted by atomic mass is 16.5. The van der Waals surface area contributed by atoms with Crippen molar-refractivity contribution in [1.29, 1.82) is 0 Å². The molecule has 1 heterocycles. The first kappa shape index (κ1) is 18.3.